The third-order valence-corrected chi connectivity index (χ3v) is 11.9. The molecule has 1 unspecified atom stereocenters. The van der Waals surface area contributed by atoms with Crippen molar-refractivity contribution >= 4 is 17.9 Å². The second-order valence-corrected chi connectivity index (χ2v) is 18.5. The number of carbonyl (C=O) groups is 3. The first-order chi connectivity index (χ1) is 33.0. The van der Waals surface area contributed by atoms with Crippen molar-refractivity contribution in [1.82, 2.24) is 0 Å². The molecule has 0 aromatic rings. The van der Waals surface area contributed by atoms with Crippen LogP contribution in [0.4, 0.5) is 0 Å². The Kier molecular flexibility index (Phi) is 52.4. The molecule has 0 saturated carbocycles. The van der Waals surface area contributed by atoms with E-state index in [1.165, 1.54) is 128 Å². The summed E-state index contributed by atoms with van der Waals surface area (Å²) in [5, 5.41) is 0. The first-order valence-electron chi connectivity index (χ1n) is 28.1. The van der Waals surface area contributed by atoms with Crippen molar-refractivity contribution in [3.63, 3.8) is 0 Å². The smallest absolute Gasteiger partial charge is 0.306 e. The minimum absolute atomic E-state index is 0.103. The van der Waals surface area contributed by atoms with Gasteiger partial charge in [-0.2, -0.15) is 0 Å². The minimum Gasteiger partial charge on any atom is -0.462 e. The van der Waals surface area contributed by atoms with Gasteiger partial charge < -0.3 is 14.2 Å². The topological polar surface area (TPSA) is 78.9 Å². The lowest BCUT2D eigenvalue weighted by Gasteiger charge is -2.18. The third kappa shape index (κ3) is 53.4. The zero-order valence-electron chi connectivity index (χ0n) is 43.9. The number of esters is 3. The summed E-state index contributed by atoms with van der Waals surface area (Å²) < 4.78 is 16.8. The van der Waals surface area contributed by atoms with Gasteiger partial charge in [0.2, 0.25) is 0 Å². The summed E-state index contributed by atoms with van der Waals surface area (Å²) in [5.41, 5.74) is 0. The Morgan fingerprint density at radius 2 is 0.597 bits per heavy atom. The van der Waals surface area contributed by atoms with Crippen LogP contribution in [0.15, 0.2) is 85.1 Å². The number of ether oxygens (including phenoxy) is 3. The summed E-state index contributed by atoms with van der Waals surface area (Å²) in [4.78, 5) is 38.1. The van der Waals surface area contributed by atoms with Gasteiger partial charge in [0.1, 0.15) is 13.2 Å². The van der Waals surface area contributed by atoms with Crippen LogP contribution in [0.3, 0.4) is 0 Å². The molecular formula is C61H104O6. The Hall–Kier alpha value is -3.41. The molecule has 0 aliphatic heterocycles. The SMILES string of the molecule is CC/C=C\C/C=C\C/C=C\C/C=C\CCCCCC(=O)OC(COC(=O)CCC/C=C\C/C=C\C/C=C\CCCCCCCC)COC(=O)CCCCCCCCCCCCCCCCCC. The highest BCUT2D eigenvalue weighted by molar-refractivity contribution is 5.71. The summed E-state index contributed by atoms with van der Waals surface area (Å²) >= 11 is 0. The maximum Gasteiger partial charge on any atom is 0.306 e. The Morgan fingerprint density at radius 3 is 0.985 bits per heavy atom. The zero-order chi connectivity index (χ0) is 48.6. The number of unbranched alkanes of at least 4 members (excludes halogenated alkanes) is 25. The molecule has 0 rings (SSSR count). The van der Waals surface area contributed by atoms with Gasteiger partial charge in [-0.1, -0.05) is 241 Å². The molecule has 0 spiro atoms. The molecule has 6 heteroatoms. The summed E-state index contributed by atoms with van der Waals surface area (Å²) in [6.45, 7) is 6.46. The molecule has 6 nitrogen and oxygen atoms in total. The van der Waals surface area contributed by atoms with Gasteiger partial charge in [-0.25, -0.2) is 0 Å². The van der Waals surface area contributed by atoms with E-state index < -0.39 is 6.10 Å². The maximum atomic E-state index is 12.8. The Morgan fingerprint density at radius 1 is 0.313 bits per heavy atom. The standard InChI is InChI=1S/C61H104O6/c1-4-7-10-13-16-19-22-25-28-31-34-36-39-42-45-48-51-54-60(63)66-57-58(67-61(64)55-52-49-46-43-40-37-33-30-27-24-21-18-15-12-9-6-3)56-65-59(62)53-50-47-44-41-38-35-32-29-26-23-20-17-14-11-8-5-2/h9,12,18,21,25,27-28,30,34,36-37,40,42,45,58H,4-8,10-11,13-17,19-20,22-24,26,29,31-33,35,38-39,41,43-44,46-57H2,1-3H3/b12-9-,21-18-,28-25-,30-27-,36-34-,40-37-,45-42-. The molecule has 0 heterocycles. The predicted octanol–water partition coefficient (Wildman–Crippen LogP) is 18.8. The monoisotopic (exact) mass is 933 g/mol. The van der Waals surface area contributed by atoms with Gasteiger partial charge in [0.05, 0.1) is 0 Å². The normalized spacial score (nSPS) is 12.7. The summed E-state index contributed by atoms with van der Waals surface area (Å²) in [6, 6.07) is 0. The van der Waals surface area contributed by atoms with Crippen LogP contribution >= 0.6 is 0 Å². The average Bonchev–Trinajstić information content (AvgIpc) is 3.33. The summed E-state index contributed by atoms with van der Waals surface area (Å²) in [7, 11) is 0. The largest absolute Gasteiger partial charge is 0.462 e. The second-order valence-electron chi connectivity index (χ2n) is 18.5. The molecule has 0 bridgehead atoms. The van der Waals surface area contributed by atoms with Crippen molar-refractivity contribution in [3.8, 4) is 0 Å². The van der Waals surface area contributed by atoms with Gasteiger partial charge in [0, 0.05) is 19.3 Å². The van der Waals surface area contributed by atoms with Crippen LogP contribution in [0.1, 0.15) is 265 Å². The fourth-order valence-corrected chi connectivity index (χ4v) is 7.68. The van der Waals surface area contributed by atoms with Crippen LogP contribution in [0.5, 0.6) is 0 Å². The van der Waals surface area contributed by atoms with E-state index in [2.05, 4.69) is 106 Å². The number of hydrogen-bond acceptors (Lipinski definition) is 6. The maximum absolute atomic E-state index is 12.8. The molecule has 0 N–H and O–H groups in total. The van der Waals surface area contributed by atoms with E-state index in [0.717, 1.165) is 89.9 Å². The lowest BCUT2D eigenvalue weighted by Crippen LogP contribution is -2.30. The first-order valence-corrected chi connectivity index (χ1v) is 28.1. The molecule has 384 valence electrons. The van der Waals surface area contributed by atoms with Crippen molar-refractivity contribution in [2.75, 3.05) is 13.2 Å². The predicted molar refractivity (Wildman–Crippen MR) is 288 cm³/mol. The summed E-state index contributed by atoms with van der Waals surface area (Å²) in [6.07, 6.45) is 71.5. The van der Waals surface area contributed by atoms with Crippen LogP contribution in [0, 0.1) is 0 Å². The summed E-state index contributed by atoms with van der Waals surface area (Å²) in [5.74, 6) is -0.984. The van der Waals surface area contributed by atoms with E-state index in [9.17, 15) is 14.4 Å². The van der Waals surface area contributed by atoms with Crippen LogP contribution < -0.4 is 0 Å². The molecule has 0 amide bonds. The minimum atomic E-state index is -0.812. The average molecular weight is 933 g/mol. The number of carbonyl (C=O) groups excluding carboxylic acids is 3. The third-order valence-electron chi connectivity index (χ3n) is 11.9. The zero-order valence-corrected chi connectivity index (χ0v) is 43.9. The molecular weight excluding hydrogens is 829 g/mol. The van der Waals surface area contributed by atoms with E-state index in [4.69, 9.17) is 14.2 Å². The number of rotatable bonds is 50. The van der Waals surface area contributed by atoms with E-state index >= 15 is 0 Å². The van der Waals surface area contributed by atoms with Crippen molar-refractivity contribution in [1.29, 1.82) is 0 Å². The van der Waals surface area contributed by atoms with Gasteiger partial charge in [0.25, 0.3) is 0 Å². The van der Waals surface area contributed by atoms with E-state index in [1.807, 2.05) is 0 Å². The highest BCUT2D eigenvalue weighted by atomic mass is 16.6. The molecule has 0 aliphatic carbocycles. The van der Waals surface area contributed by atoms with E-state index in [1.54, 1.807) is 0 Å². The van der Waals surface area contributed by atoms with Gasteiger partial charge in [-0.15, -0.1) is 0 Å². The molecule has 67 heavy (non-hydrogen) atoms. The fourth-order valence-electron chi connectivity index (χ4n) is 7.68. The Bertz CT molecular complexity index is 1300. The number of allylic oxidation sites excluding steroid dienone is 14. The van der Waals surface area contributed by atoms with Gasteiger partial charge in [0.15, 0.2) is 6.10 Å². The quantitative estimate of drug-likeness (QED) is 0.0262. The molecule has 0 aromatic heterocycles. The van der Waals surface area contributed by atoms with Crippen molar-refractivity contribution in [3.05, 3.63) is 85.1 Å². The van der Waals surface area contributed by atoms with Crippen LogP contribution in [0.2, 0.25) is 0 Å². The molecule has 0 saturated heterocycles. The van der Waals surface area contributed by atoms with Crippen LogP contribution in [-0.4, -0.2) is 37.2 Å². The fraction of sp³-hybridized carbons (Fsp3) is 0.721. The first kappa shape index (κ1) is 63.6. The lowest BCUT2D eigenvalue weighted by molar-refractivity contribution is -0.167. The molecule has 0 aromatic carbocycles. The molecule has 0 radical (unpaired) electrons. The van der Waals surface area contributed by atoms with E-state index in [0.29, 0.717) is 12.8 Å². The highest BCUT2D eigenvalue weighted by Gasteiger charge is 2.19. The van der Waals surface area contributed by atoms with Crippen molar-refractivity contribution < 1.29 is 28.6 Å². The Balaban J connectivity index is 4.50. The van der Waals surface area contributed by atoms with Crippen LogP contribution in [-0.2, 0) is 28.6 Å². The highest BCUT2D eigenvalue weighted by Crippen LogP contribution is 2.15. The molecule has 0 aliphatic rings. The van der Waals surface area contributed by atoms with Gasteiger partial charge in [-0.05, 0) is 89.9 Å². The van der Waals surface area contributed by atoms with Gasteiger partial charge in [-0.3, -0.25) is 14.4 Å². The molecule has 1 atom stereocenters. The van der Waals surface area contributed by atoms with Crippen molar-refractivity contribution in [2.45, 2.75) is 271 Å². The molecule has 0 fully saturated rings. The van der Waals surface area contributed by atoms with E-state index in [-0.39, 0.29) is 44.0 Å². The Labute approximate surface area is 414 Å². The second kappa shape index (κ2) is 55.2. The van der Waals surface area contributed by atoms with Crippen molar-refractivity contribution in [2.24, 2.45) is 0 Å². The number of hydrogen-bond donors (Lipinski definition) is 0. The van der Waals surface area contributed by atoms with Crippen LogP contribution in [0.25, 0.3) is 0 Å². The van der Waals surface area contributed by atoms with Gasteiger partial charge >= 0.3 is 17.9 Å². The lowest BCUT2D eigenvalue weighted by atomic mass is 10.0.